The summed E-state index contributed by atoms with van der Waals surface area (Å²) in [5.41, 5.74) is 2.05. The molecule has 1 aliphatic carbocycles. The van der Waals surface area contributed by atoms with Crippen molar-refractivity contribution in [3.05, 3.63) is 65.2 Å². The van der Waals surface area contributed by atoms with E-state index in [9.17, 15) is 9.59 Å². The topological polar surface area (TPSA) is 43.0 Å². The van der Waals surface area contributed by atoms with Crippen LogP contribution in [0.25, 0.3) is 10.8 Å². The largest absolute Gasteiger partial charge is 0.284 e. The molecule has 1 aliphatic rings. The van der Waals surface area contributed by atoms with Gasteiger partial charge in [-0.1, -0.05) is 24.3 Å². The first-order valence-electron chi connectivity index (χ1n) is 7.90. The summed E-state index contributed by atoms with van der Waals surface area (Å²) in [5, 5.41) is 1.96. The average Bonchev–Trinajstić information content (AvgIpc) is 2.97. The van der Waals surface area contributed by atoms with Gasteiger partial charge in [0.15, 0.2) is 0 Å². The Morgan fingerprint density at radius 1 is 0.957 bits per heavy atom. The van der Waals surface area contributed by atoms with Gasteiger partial charge in [-0.25, -0.2) is 9.13 Å². The maximum Gasteiger partial charge on any atom is 0.244 e. The second-order valence-electron chi connectivity index (χ2n) is 5.79. The fourth-order valence-electron chi connectivity index (χ4n) is 3.38. The van der Waals surface area contributed by atoms with Crippen molar-refractivity contribution in [1.82, 2.24) is 4.57 Å². The first kappa shape index (κ1) is 13.9. The molecule has 0 N–H and O–H groups in total. The van der Waals surface area contributed by atoms with Crippen LogP contribution >= 0.6 is 0 Å². The minimum absolute atomic E-state index is 0.0607. The molecular weight excluding hydrogens is 288 g/mol. The average molecular weight is 305 g/mol. The van der Waals surface area contributed by atoms with E-state index in [1.165, 1.54) is 0 Å². The Morgan fingerprint density at radius 2 is 1.57 bits per heavy atom. The lowest BCUT2D eigenvalue weighted by molar-refractivity contribution is -0.694. The molecule has 0 spiro atoms. The number of nitrogens with zero attached hydrogens (tertiary/aromatic N) is 2. The van der Waals surface area contributed by atoms with E-state index >= 15 is 0 Å². The quantitative estimate of drug-likeness (QED) is 0.534. The lowest BCUT2D eigenvalue weighted by Crippen LogP contribution is -2.39. The number of aryl methyl sites for hydroxylation is 2. The normalized spacial score (nSPS) is 13.3. The smallest absolute Gasteiger partial charge is 0.244 e. The predicted molar refractivity (Wildman–Crippen MR) is 86.8 cm³/mol. The number of carbonyl (C=O) groups is 2. The molecule has 2 aromatic carbocycles. The molecule has 0 atom stereocenters. The van der Waals surface area contributed by atoms with Crippen LogP contribution in [0, 0.1) is 0 Å². The number of carbonyl (C=O) groups excluding carboxylic acids is 2. The number of hydrogen-bond donors (Lipinski definition) is 0. The van der Waals surface area contributed by atoms with Gasteiger partial charge in [-0.2, -0.15) is 0 Å². The summed E-state index contributed by atoms with van der Waals surface area (Å²) in [6.07, 6.45) is 1.87. The Hall–Kier alpha value is -2.75. The fourth-order valence-corrected chi connectivity index (χ4v) is 3.38. The molecule has 1 aromatic heterocycles. The highest BCUT2D eigenvalue weighted by Gasteiger charge is 2.40. The zero-order valence-electron chi connectivity index (χ0n) is 13.2. The van der Waals surface area contributed by atoms with E-state index in [0.717, 1.165) is 10.8 Å². The van der Waals surface area contributed by atoms with Gasteiger partial charge >= 0.3 is 0 Å². The van der Waals surface area contributed by atoms with Crippen molar-refractivity contribution in [2.24, 2.45) is 0 Å². The summed E-state index contributed by atoms with van der Waals surface area (Å²) in [6.45, 7) is 5.29. The molecule has 4 rings (SSSR count). The molecule has 0 unspecified atom stereocenters. The minimum Gasteiger partial charge on any atom is -0.284 e. The number of aromatic nitrogens is 2. The van der Waals surface area contributed by atoms with E-state index < -0.39 is 0 Å². The summed E-state index contributed by atoms with van der Waals surface area (Å²) in [7, 11) is 0. The molecule has 0 radical (unpaired) electrons. The van der Waals surface area contributed by atoms with E-state index in [0.29, 0.717) is 35.6 Å². The van der Waals surface area contributed by atoms with Crippen LogP contribution in [0.15, 0.2) is 42.7 Å². The minimum atomic E-state index is -0.0607. The Kier molecular flexibility index (Phi) is 2.94. The number of rotatable bonds is 2. The molecule has 23 heavy (non-hydrogen) atoms. The fraction of sp³-hybridized carbons (Fsp3) is 0.211. The lowest BCUT2D eigenvalue weighted by Gasteiger charge is -2.14. The van der Waals surface area contributed by atoms with Crippen LogP contribution in [0.3, 0.4) is 0 Å². The van der Waals surface area contributed by atoms with Crippen LogP contribution in [-0.4, -0.2) is 16.1 Å². The Morgan fingerprint density at radius 3 is 2.13 bits per heavy atom. The van der Waals surface area contributed by atoms with Gasteiger partial charge in [-0.15, -0.1) is 0 Å². The molecule has 4 heteroatoms. The van der Waals surface area contributed by atoms with Gasteiger partial charge in [0.2, 0.25) is 29.3 Å². The van der Waals surface area contributed by atoms with Crippen molar-refractivity contribution in [2.45, 2.75) is 26.9 Å². The van der Waals surface area contributed by atoms with Gasteiger partial charge in [-0.05, 0) is 36.8 Å². The highest BCUT2D eigenvalue weighted by Crippen LogP contribution is 2.29. The summed E-state index contributed by atoms with van der Waals surface area (Å²) < 4.78 is 3.74. The van der Waals surface area contributed by atoms with Crippen LogP contribution in [0.4, 0.5) is 0 Å². The van der Waals surface area contributed by atoms with Gasteiger partial charge in [-0.3, -0.25) is 9.59 Å². The summed E-state index contributed by atoms with van der Waals surface area (Å²) in [5.74, 6) is -0.121. The maximum absolute atomic E-state index is 13.0. The second-order valence-corrected chi connectivity index (χ2v) is 5.79. The number of hydrogen-bond acceptors (Lipinski definition) is 2. The summed E-state index contributed by atoms with van der Waals surface area (Å²) >= 11 is 0. The van der Waals surface area contributed by atoms with Crippen molar-refractivity contribution in [3.8, 4) is 0 Å². The van der Waals surface area contributed by atoms with Crippen molar-refractivity contribution >= 4 is 22.3 Å². The summed E-state index contributed by atoms with van der Waals surface area (Å²) in [6, 6.07) is 11.5. The highest BCUT2D eigenvalue weighted by molar-refractivity contribution is 6.27. The van der Waals surface area contributed by atoms with Crippen molar-refractivity contribution in [1.29, 1.82) is 0 Å². The molecule has 0 amide bonds. The molecule has 3 aromatic rings. The number of ketones is 2. The number of fused-ring (bicyclic) bond motifs is 3. The molecule has 1 heterocycles. The third-order valence-electron chi connectivity index (χ3n) is 4.56. The van der Waals surface area contributed by atoms with E-state index in [1.807, 2.05) is 65.7 Å². The molecule has 114 valence electrons. The van der Waals surface area contributed by atoms with Crippen LogP contribution in [-0.2, 0) is 13.1 Å². The van der Waals surface area contributed by atoms with Gasteiger partial charge in [0.25, 0.3) is 0 Å². The van der Waals surface area contributed by atoms with E-state index in [4.69, 9.17) is 0 Å². The number of imidazole rings is 1. The zero-order valence-corrected chi connectivity index (χ0v) is 13.2. The van der Waals surface area contributed by atoms with Gasteiger partial charge in [0.05, 0.1) is 13.1 Å². The molecule has 0 bridgehead atoms. The molecule has 0 saturated carbocycles. The van der Waals surface area contributed by atoms with Crippen molar-refractivity contribution in [3.63, 3.8) is 0 Å². The van der Waals surface area contributed by atoms with E-state index in [2.05, 4.69) is 0 Å². The summed E-state index contributed by atoms with van der Waals surface area (Å²) in [4.78, 5) is 26.0. The van der Waals surface area contributed by atoms with Crippen LogP contribution in [0.5, 0.6) is 0 Å². The van der Waals surface area contributed by atoms with Gasteiger partial charge < -0.3 is 0 Å². The molecule has 0 saturated heterocycles. The predicted octanol–water partition coefficient (Wildman–Crippen LogP) is 2.74. The second kappa shape index (κ2) is 4.88. The standard InChI is InChI=1S/C19H17N2O2/c1-3-20-11-21(4-2)17-16(20)18(22)14-9-12-7-5-6-8-13(12)10-15(14)19(17)23/h5-11H,3-4H2,1-2H3/q+1. The SMILES string of the molecule is CCn1c[n+](CC)c2c1C(=O)c1cc3ccccc3cc1C2=O. The van der Waals surface area contributed by atoms with Crippen molar-refractivity contribution < 1.29 is 14.2 Å². The third kappa shape index (κ3) is 1.81. The monoisotopic (exact) mass is 305 g/mol. The molecule has 4 nitrogen and oxygen atoms in total. The van der Waals surface area contributed by atoms with Crippen LogP contribution in [0.1, 0.15) is 46.0 Å². The van der Waals surface area contributed by atoms with E-state index in [-0.39, 0.29) is 11.6 Å². The first-order valence-corrected chi connectivity index (χ1v) is 7.90. The van der Waals surface area contributed by atoms with Crippen LogP contribution < -0.4 is 4.57 Å². The first-order chi connectivity index (χ1) is 11.2. The Labute approximate surface area is 134 Å². The Balaban J connectivity index is 2.05. The van der Waals surface area contributed by atoms with Crippen molar-refractivity contribution in [2.75, 3.05) is 0 Å². The molecule has 0 fully saturated rings. The third-order valence-corrected chi connectivity index (χ3v) is 4.56. The Bertz CT molecular complexity index is 905. The maximum atomic E-state index is 13.0. The van der Waals surface area contributed by atoms with Gasteiger partial charge in [0.1, 0.15) is 0 Å². The lowest BCUT2D eigenvalue weighted by atomic mass is 9.87. The van der Waals surface area contributed by atoms with E-state index in [1.54, 1.807) is 0 Å². The van der Waals surface area contributed by atoms with Gasteiger partial charge in [0, 0.05) is 11.1 Å². The highest BCUT2D eigenvalue weighted by atomic mass is 16.1. The van der Waals surface area contributed by atoms with Crippen LogP contribution in [0.2, 0.25) is 0 Å². The molecule has 0 aliphatic heterocycles. The zero-order chi connectivity index (χ0) is 16.1. The molecular formula is C19H17N2O2+. The number of benzene rings is 2.